The molecule has 1 aromatic rings. The molecule has 0 aliphatic heterocycles. The number of allylic oxidation sites excluding steroid dienone is 2. The SMILES string of the molecule is CN(C)C(C/C=N/OCc1cccc(F)c1)=C(C#N)C#N. The van der Waals surface area contributed by atoms with E-state index in [1.54, 1.807) is 31.1 Å². The monoisotopic (exact) mass is 286 g/mol. The van der Waals surface area contributed by atoms with Crippen LogP contribution < -0.4 is 0 Å². The van der Waals surface area contributed by atoms with E-state index in [1.165, 1.54) is 18.3 Å². The van der Waals surface area contributed by atoms with Crippen molar-refractivity contribution in [1.29, 1.82) is 10.5 Å². The van der Waals surface area contributed by atoms with Gasteiger partial charge >= 0.3 is 0 Å². The summed E-state index contributed by atoms with van der Waals surface area (Å²) in [5, 5.41) is 21.5. The zero-order valence-corrected chi connectivity index (χ0v) is 11.9. The van der Waals surface area contributed by atoms with E-state index in [-0.39, 0.29) is 18.0 Å². The quantitative estimate of drug-likeness (QED) is 0.458. The fourth-order valence-electron chi connectivity index (χ4n) is 1.58. The maximum Gasteiger partial charge on any atom is 0.149 e. The molecule has 6 heteroatoms. The number of halogens is 1. The first-order chi connectivity index (χ1) is 10.1. The van der Waals surface area contributed by atoms with E-state index in [9.17, 15) is 4.39 Å². The maximum absolute atomic E-state index is 12.9. The zero-order valence-electron chi connectivity index (χ0n) is 11.9. The summed E-state index contributed by atoms with van der Waals surface area (Å²) in [6.45, 7) is 0.151. The Morgan fingerprint density at radius 3 is 2.67 bits per heavy atom. The standard InChI is InChI=1S/C15H15FN4O/c1-20(2)15(13(9-17)10-18)6-7-19-21-11-12-4-3-5-14(16)8-12/h3-5,7-8H,6,11H2,1-2H3/b19-7+. The van der Waals surface area contributed by atoms with Crippen LogP contribution in [-0.4, -0.2) is 25.2 Å². The van der Waals surface area contributed by atoms with E-state index in [2.05, 4.69) is 5.16 Å². The molecule has 0 spiro atoms. The summed E-state index contributed by atoms with van der Waals surface area (Å²) >= 11 is 0. The summed E-state index contributed by atoms with van der Waals surface area (Å²) in [4.78, 5) is 6.73. The lowest BCUT2D eigenvalue weighted by atomic mass is 10.2. The van der Waals surface area contributed by atoms with Crippen LogP contribution in [0.3, 0.4) is 0 Å². The summed E-state index contributed by atoms with van der Waals surface area (Å²) in [6.07, 6.45) is 1.76. The molecule has 1 aromatic carbocycles. The highest BCUT2D eigenvalue weighted by atomic mass is 19.1. The van der Waals surface area contributed by atoms with Crippen LogP contribution >= 0.6 is 0 Å². The minimum absolute atomic E-state index is 0.0385. The predicted molar refractivity (Wildman–Crippen MR) is 76.2 cm³/mol. The summed E-state index contributed by atoms with van der Waals surface area (Å²) in [5.74, 6) is -0.328. The topological polar surface area (TPSA) is 72.4 Å². The molecule has 0 saturated heterocycles. The van der Waals surface area contributed by atoms with Gasteiger partial charge in [0.2, 0.25) is 0 Å². The van der Waals surface area contributed by atoms with Gasteiger partial charge in [-0.3, -0.25) is 0 Å². The van der Waals surface area contributed by atoms with E-state index in [4.69, 9.17) is 15.4 Å². The molecule has 1 rings (SSSR count). The molecule has 0 radical (unpaired) electrons. The zero-order chi connectivity index (χ0) is 15.7. The second-order valence-electron chi connectivity index (χ2n) is 4.34. The Labute approximate surface area is 123 Å². The van der Waals surface area contributed by atoms with Crippen molar-refractivity contribution in [1.82, 2.24) is 4.90 Å². The van der Waals surface area contributed by atoms with Gasteiger partial charge in [0.05, 0.1) is 0 Å². The van der Waals surface area contributed by atoms with E-state index < -0.39 is 0 Å². The van der Waals surface area contributed by atoms with Gasteiger partial charge in [-0.05, 0) is 17.7 Å². The van der Waals surface area contributed by atoms with Gasteiger partial charge in [-0.1, -0.05) is 17.3 Å². The summed E-state index contributed by atoms with van der Waals surface area (Å²) in [6, 6.07) is 9.72. The van der Waals surface area contributed by atoms with E-state index >= 15 is 0 Å². The minimum atomic E-state index is -0.328. The van der Waals surface area contributed by atoms with Gasteiger partial charge < -0.3 is 9.74 Å². The molecule has 0 unspecified atom stereocenters. The van der Waals surface area contributed by atoms with Crippen LogP contribution in [0, 0.1) is 28.5 Å². The van der Waals surface area contributed by atoms with Crippen molar-refractivity contribution in [3.05, 3.63) is 46.9 Å². The Morgan fingerprint density at radius 1 is 1.38 bits per heavy atom. The van der Waals surface area contributed by atoms with Gasteiger partial charge in [0, 0.05) is 32.4 Å². The van der Waals surface area contributed by atoms with Crippen LogP contribution in [0.1, 0.15) is 12.0 Å². The Hall–Kier alpha value is -2.86. The molecule has 0 heterocycles. The lowest BCUT2D eigenvalue weighted by Crippen LogP contribution is -2.13. The molecule has 21 heavy (non-hydrogen) atoms. The maximum atomic E-state index is 12.9. The Morgan fingerprint density at radius 2 is 2.10 bits per heavy atom. The van der Waals surface area contributed by atoms with Crippen molar-refractivity contribution in [3.8, 4) is 12.1 Å². The molecule has 0 saturated carbocycles. The number of oxime groups is 1. The van der Waals surface area contributed by atoms with E-state index in [1.807, 2.05) is 12.1 Å². The lowest BCUT2D eigenvalue weighted by molar-refractivity contribution is 0.131. The fourth-order valence-corrected chi connectivity index (χ4v) is 1.58. The normalized spacial score (nSPS) is 9.76. The smallest absolute Gasteiger partial charge is 0.149 e. The first-order valence-electron chi connectivity index (χ1n) is 6.17. The number of rotatable bonds is 6. The van der Waals surface area contributed by atoms with Crippen molar-refractivity contribution < 1.29 is 9.23 Å². The highest BCUT2D eigenvalue weighted by Crippen LogP contribution is 2.10. The average molecular weight is 286 g/mol. The van der Waals surface area contributed by atoms with Crippen LogP contribution in [0.5, 0.6) is 0 Å². The van der Waals surface area contributed by atoms with Gasteiger partial charge in [0.25, 0.3) is 0 Å². The molecule has 0 bridgehead atoms. The summed E-state index contributed by atoms with van der Waals surface area (Å²) < 4.78 is 12.9. The van der Waals surface area contributed by atoms with Crippen LogP contribution in [0.4, 0.5) is 4.39 Å². The Kier molecular flexibility index (Phi) is 6.43. The van der Waals surface area contributed by atoms with Crippen molar-refractivity contribution in [2.45, 2.75) is 13.0 Å². The molecule has 0 aliphatic carbocycles. The summed E-state index contributed by atoms with van der Waals surface area (Å²) in [7, 11) is 3.48. The second kappa shape index (κ2) is 8.34. The van der Waals surface area contributed by atoms with E-state index in [0.29, 0.717) is 17.7 Å². The van der Waals surface area contributed by atoms with E-state index in [0.717, 1.165) is 0 Å². The average Bonchev–Trinajstić information content (AvgIpc) is 2.46. The van der Waals surface area contributed by atoms with Crippen molar-refractivity contribution in [2.24, 2.45) is 5.16 Å². The van der Waals surface area contributed by atoms with Gasteiger partial charge in [0.1, 0.15) is 30.1 Å². The number of nitriles is 2. The minimum Gasteiger partial charge on any atom is -0.391 e. The van der Waals surface area contributed by atoms with Crippen LogP contribution in [0.2, 0.25) is 0 Å². The number of hydrogen-bond acceptors (Lipinski definition) is 5. The fraction of sp³-hybridized carbons (Fsp3) is 0.267. The number of nitrogens with zero attached hydrogens (tertiary/aromatic N) is 4. The van der Waals surface area contributed by atoms with Crippen molar-refractivity contribution in [2.75, 3.05) is 14.1 Å². The van der Waals surface area contributed by atoms with Crippen LogP contribution in [0.25, 0.3) is 0 Å². The number of hydrogen-bond donors (Lipinski definition) is 0. The molecule has 0 atom stereocenters. The van der Waals surface area contributed by atoms with Gasteiger partial charge in [-0.15, -0.1) is 0 Å². The second-order valence-corrected chi connectivity index (χ2v) is 4.34. The molecule has 0 fully saturated rings. The highest BCUT2D eigenvalue weighted by Gasteiger charge is 2.07. The first kappa shape index (κ1) is 16.2. The predicted octanol–water partition coefficient (Wildman–Crippen LogP) is 2.58. The first-order valence-corrected chi connectivity index (χ1v) is 6.17. The van der Waals surface area contributed by atoms with Crippen molar-refractivity contribution >= 4 is 6.21 Å². The molecule has 0 aliphatic rings. The van der Waals surface area contributed by atoms with Gasteiger partial charge in [0.15, 0.2) is 0 Å². The van der Waals surface area contributed by atoms with Crippen molar-refractivity contribution in [3.63, 3.8) is 0 Å². The van der Waals surface area contributed by atoms with Gasteiger partial charge in [-0.25, -0.2) is 4.39 Å². The lowest BCUT2D eigenvalue weighted by Gasteiger charge is -2.14. The Bertz CT molecular complexity index is 607. The molecule has 0 aromatic heterocycles. The summed E-state index contributed by atoms with van der Waals surface area (Å²) in [5.41, 5.74) is 1.26. The van der Waals surface area contributed by atoms with Gasteiger partial charge in [-0.2, -0.15) is 10.5 Å². The van der Waals surface area contributed by atoms with Crippen LogP contribution in [0.15, 0.2) is 40.7 Å². The third kappa shape index (κ3) is 5.33. The third-order valence-corrected chi connectivity index (χ3v) is 2.61. The molecule has 0 amide bonds. The largest absolute Gasteiger partial charge is 0.391 e. The molecule has 5 nitrogen and oxygen atoms in total. The Balaban J connectivity index is 2.56. The molecular weight excluding hydrogens is 271 g/mol. The van der Waals surface area contributed by atoms with Crippen LogP contribution in [-0.2, 0) is 11.4 Å². The molecule has 108 valence electrons. The molecular formula is C15H15FN4O. The molecule has 0 N–H and O–H groups in total. The third-order valence-electron chi connectivity index (χ3n) is 2.61. The highest BCUT2D eigenvalue weighted by molar-refractivity contribution is 5.62. The number of benzene rings is 1.